The average Bonchev–Trinajstić information content (AvgIpc) is 2.54. The van der Waals surface area contributed by atoms with Crippen LogP contribution in [0.1, 0.15) is 19.4 Å². The number of hydrogen-bond acceptors (Lipinski definition) is 5. The smallest absolute Gasteiger partial charge is 0.155 e. The molecule has 0 aliphatic rings. The minimum absolute atomic E-state index is 0. The number of carbonyl (C=O) groups excluding carboxylic acids is 1. The van der Waals surface area contributed by atoms with Gasteiger partial charge in [0.2, 0.25) is 0 Å². The summed E-state index contributed by atoms with van der Waals surface area (Å²) in [5.41, 5.74) is 2.74. The van der Waals surface area contributed by atoms with Gasteiger partial charge in [-0.3, -0.25) is 4.79 Å². The largest absolute Gasteiger partial charge is 0.540 e. The van der Waals surface area contributed by atoms with Gasteiger partial charge in [-0.1, -0.05) is 12.5 Å². The van der Waals surface area contributed by atoms with E-state index < -0.39 is 0 Å². The molecule has 1 N–H and O–H groups in total. The van der Waals surface area contributed by atoms with Crippen molar-refractivity contribution in [2.45, 2.75) is 20.8 Å². The number of nitrogens with zero attached hydrogens (tertiary/aromatic N) is 1. The van der Waals surface area contributed by atoms with Crippen LogP contribution < -0.4 is 9.47 Å². The molecule has 0 aliphatic heterocycles. The molecule has 0 radical (unpaired) electrons. The maximum absolute atomic E-state index is 10.0. The van der Waals surface area contributed by atoms with Crippen LogP contribution in [-0.4, -0.2) is 30.1 Å². The van der Waals surface area contributed by atoms with Gasteiger partial charge in [-0.05, 0) is 31.7 Å². The predicted molar refractivity (Wildman–Crippen MR) is 93.4 cm³/mol. The first-order chi connectivity index (χ1) is 11.4. The number of methoxy groups -OCH3 is 2. The minimum atomic E-state index is -0.125. The number of aliphatic hydroxyl groups is 1. The van der Waals surface area contributed by atoms with Crippen LogP contribution in [-0.2, 0) is 25.9 Å². The van der Waals surface area contributed by atoms with Gasteiger partial charge in [0.25, 0.3) is 0 Å². The molecule has 25 heavy (non-hydrogen) atoms. The summed E-state index contributed by atoms with van der Waals surface area (Å²) in [4.78, 5) is 14.3. The molecule has 5 nitrogen and oxygen atoms in total. The minimum Gasteiger partial charge on any atom is -0.540 e. The Morgan fingerprint density at radius 3 is 2.40 bits per heavy atom. The van der Waals surface area contributed by atoms with E-state index >= 15 is 0 Å². The van der Waals surface area contributed by atoms with Crippen molar-refractivity contribution in [1.29, 1.82) is 0 Å². The number of ketones is 1. The average molecular weight is 523 g/mol. The fourth-order valence-corrected chi connectivity index (χ4v) is 1.91. The van der Waals surface area contributed by atoms with Crippen molar-refractivity contribution in [3.8, 4) is 22.8 Å². The van der Waals surface area contributed by atoms with Crippen molar-refractivity contribution in [3.63, 3.8) is 0 Å². The first-order valence-electron chi connectivity index (χ1n) is 7.32. The Labute approximate surface area is 163 Å². The molecule has 0 spiro atoms. The summed E-state index contributed by atoms with van der Waals surface area (Å²) in [6.45, 7) is 4.85. The molecule has 1 aromatic carbocycles. The predicted octanol–water partition coefficient (Wildman–Crippen LogP) is 3.91. The van der Waals surface area contributed by atoms with E-state index in [1.807, 2.05) is 31.2 Å². The van der Waals surface area contributed by atoms with Crippen LogP contribution >= 0.6 is 0 Å². The standard InChI is InChI=1S/C14H14NO2.C5H8O2.Pt/c1-10-4-5-12(14(8-10)17-3)13-9-11(16-2)6-7-15-13;1-4(6)3-5(2)7;/h4,6-9H,1-3H3;3,6H,1-2H3;/q-1;;/b;4-3-;. The van der Waals surface area contributed by atoms with Crippen LogP contribution in [0.3, 0.4) is 0 Å². The number of ether oxygens (including phenoxy) is 2. The van der Waals surface area contributed by atoms with Gasteiger partial charge in [0, 0.05) is 39.1 Å². The summed E-state index contributed by atoms with van der Waals surface area (Å²) in [7, 11) is 3.28. The van der Waals surface area contributed by atoms with Crippen LogP contribution in [0.25, 0.3) is 11.3 Å². The van der Waals surface area contributed by atoms with Gasteiger partial charge in [0.05, 0.1) is 20.0 Å². The number of benzene rings is 1. The van der Waals surface area contributed by atoms with Crippen molar-refractivity contribution >= 4 is 5.78 Å². The van der Waals surface area contributed by atoms with Gasteiger partial charge >= 0.3 is 0 Å². The summed E-state index contributed by atoms with van der Waals surface area (Å²) >= 11 is 0. The van der Waals surface area contributed by atoms with Gasteiger partial charge in [-0.25, -0.2) is 0 Å². The fraction of sp³-hybridized carbons (Fsp3) is 0.263. The van der Waals surface area contributed by atoms with Crippen LogP contribution in [0, 0.1) is 13.0 Å². The van der Waals surface area contributed by atoms with E-state index in [1.54, 1.807) is 20.4 Å². The molecule has 0 bridgehead atoms. The van der Waals surface area contributed by atoms with Crippen LogP contribution in [0.15, 0.2) is 42.3 Å². The van der Waals surface area contributed by atoms with Crippen molar-refractivity contribution in [3.05, 3.63) is 53.9 Å². The second-order valence-corrected chi connectivity index (χ2v) is 5.10. The molecule has 0 fully saturated rings. The van der Waals surface area contributed by atoms with Crippen molar-refractivity contribution in [2.24, 2.45) is 0 Å². The zero-order valence-corrected chi connectivity index (χ0v) is 17.2. The molecular weight excluding hydrogens is 501 g/mol. The third kappa shape index (κ3) is 7.99. The molecule has 2 aromatic rings. The third-order valence-corrected chi connectivity index (χ3v) is 2.90. The third-order valence-electron chi connectivity index (χ3n) is 2.90. The molecule has 6 heteroatoms. The second kappa shape index (κ2) is 11.4. The summed E-state index contributed by atoms with van der Waals surface area (Å²) in [5, 5.41) is 8.36. The summed E-state index contributed by atoms with van der Waals surface area (Å²) in [6, 6.07) is 10.7. The Bertz CT molecular complexity index is 725. The van der Waals surface area contributed by atoms with Gasteiger partial charge < -0.3 is 19.6 Å². The van der Waals surface area contributed by atoms with E-state index in [0.29, 0.717) is 0 Å². The first-order valence-corrected chi connectivity index (χ1v) is 7.32. The van der Waals surface area contributed by atoms with Crippen molar-refractivity contribution < 1.29 is 40.4 Å². The van der Waals surface area contributed by atoms with Gasteiger partial charge in [0.1, 0.15) is 5.75 Å². The van der Waals surface area contributed by atoms with E-state index in [2.05, 4.69) is 11.1 Å². The summed E-state index contributed by atoms with van der Waals surface area (Å²) < 4.78 is 10.5. The first kappa shape index (κ1) is 22.9. The normalized spacial score (nSPS) is 10.0. The molecule has 138 valence electrons. The number of aromatic nitrogens is 1. The number of pyridine rings is 1. The Morgan fingerprint density at radius 1 is 1.24 bits per heavy atom. The topological polar surface area (TPSA) is 68.7 Å². The van der Waals surface area contributed by atoms with Gasteiger partial charge in [-0.2, -0.15) is 0 Å². The zero-order chi connectivity index (χ0) is 18.1. The molecule has 1 aromatic heterocycles. The molecule has 0 aliphatic carbocycles. The number of carbonyl (C=O) groups is 1. The molecule has 0 atom stereocenters. The Balaban J connectivity index is 0.000000620. The van der Waals surface area contributed by atoms with E-state index in [1.165, 1.54) is 19.9 Å². The Hall–Kier alpha value is -2.13. The number of allylic oxidation sites excluding steroid dienone is 2. The quantitative estimate of drug-likeness (QED) is 0.374. The monoisotopic (exact) mass is 523 g/mol. The van der Waals surface area contributed by atoms with E-state index in [0.717, 1.165) is 28.3 Å². The second-order valence-electron chi connectivity index (χ2n) is 5.10. The molecule has 0 saturated heterocycles. The van der Waals surface area contributed by atoms with Gasteiger partial charge in [0.15, 0.2) is 5.78 Å². The van der Waals surface area contributed by atoms with E-state index in [9.17, 15) is 4.79 Å². The number of aryl methyl sites for hydroxylation is 1. The fourth-order valence-electron chi connectivity index (χ4n) is 1.91. The summed E-state index contributed by atoms with van der Waals surface area (Å²) in [6.07, 6.45) is 2.88. The van der Waals surface area contributed by atoms with Crippen LogP contribution in [0.5, 0.6) is 11.5 Å². The molecule has 0 unspecified atom stereocenters. The number of aliphatic hydroxyl groups excluding tert-OH is 1. The number of rotatable bonds is 4. The molecule has 0 saturated carbocycles. The Kier molecular flexibility index (Phi) is 10.5. The molecule has 1 heterocycles. The summed E-state index contributed by atoms with van der Waals surface area (Å²) in [5.74, 6) is 1.48. The van der Waals surface area contributed by atoms with Crippen molar-refractivity contribution in [2.75, 3.05) is 14.2 Å². The zero-order valence-electron chi connectivity index (χ0n) is 14.9. The molecular formula is C19H22NO4Pt-. The van der Waals surface area contributed by atoms with E-state index in [-0.39, 0.29) is 32.6 Å². The molecule has 0 amide bonds. The maximum Gasteiger partial charge on any atom is 0.155 e. The van der Waals surface area contributed by atoms with Gasteiger partial charge in [-0.15, -0.1) is 23.8 Å². The van der Waals surface area contributed by atoms with Crippen LogP contribution in [0.2, 0.25) is 0 Å². The SMILES string of the molecule is CC(=O)/C=C(/C)O.COc1ccnc(-c2[c-]cc(C)cc2OC)c1.[Pt]. The number of hydrogen-bond donors (Lipinski definition) is 1. The molecule has 2 rings (SSSR count). The maximum atomic E-state index is 10.0. The van der Waals surface area contributed by atoms with E-state index in [4.69, 9.17) is 14.6 Å². The van der Waals surface area contributed by atoms with Crippen LogP contribution in [0.4, 0.5) is 0 Å². The van der Waals surface area contributed by atoms with Crippen molar-refractivity contribution in [1.82, 2.24) is 4.98 Å². The Morgan fingerprint density at radius 2 is 1.92 bits per heavy atom.